The largest absolute Gasteiger partial charge is 0.364 e. The highest BCUT2D eigenvalue weighted by atomic mass is 32.2. The Labute approximate surface area is 213 Å². The van der Waals surface area contributed by atoms with Crippen LogP contribution in [-0.4, -0.2) is 72.7 Å². The molecular formula is C24H30N6O4S2. The zero-order chi connectivity index (χ0) is 25.1. The maximum Gasteiger partial charge on any atom is 0.232 e. The van der Waals surface area contributed by atoms with E-state index in [0.29, 0.717) is 67.9 Å². The van der Waals surface area contributed by atoms with Crippen molar-refractivity contribution in [3.63, 3.8) is 0 Å². The van der Waals surface area contributed by atoms with E-state index in [4.69, 9.17) is 9.97 Å². The molecule has 5 heterocycles. The Morgan fingerprint density at radius 3 is 2.67 bits per heavy atom. The summed E-state index contributed by atoms with van der Waals surface area (Å²) in [5, 5.41) is 6.32. The van der Waals surface area contributed by atoms with Crippen LogP contribution in [0, 0.1) is 0 Å². The number of aromatic nitrogens is 2. The minimum atomic E-state index is -3.36. The van der Waals surface area contributed by atoms with Crippen molar-refractivity contribution in [2.45, 2.75) is 48.5 Å². The van der Waals surface area contributed by atoms with Crippen molar-refractivity contribution in [2.75, 3.05) is 52.7 Å². The molecule has 10 nitrogen and oxygen atoms in total. The van der Waals surface area contributed by atoms with E-state index in [0.717, 1.165) is 29.8 Å². The number of anilines is 3. The summed E-state index contributed by atoms with van der Waals surface area (Å²) in [5.41, 5.74) is 2.49. The molecule has 2 atom stereocenters. The SMILES string of the molecule is CS(=O)(=O)N1CC2(CCN(c3nc4c(c(N[C@H]5CCC(=O)NC5)n3)S(=O)CC4)CC2)c2ccccc21. The first-order valence-corrected chi connectivity index (χ1v) is 15.5. The van der Waals surface area contributed by atoms with Gasteiger partial charge in [-0.3, -0.25) is 13.3 Å². The van der Waals surface area contributed by atoms with Gasteiger partial charge < -0.3 is 15.5 Å². The molecule has 12 heteroatoms. The molecular weight excluding hydrogens is 500 g/mol. The molecule has 36 heavy (non-hydrogen) atoms. The number of piperidine rings is 2. The quantitative estimate of drug-likeness (QED) is 0.603. The van der Waals surface area contributed by atoms with Gasteiger partial charge in [0.25, 0.3) is 0 Å². The maximum absolute atomic E-state index is 12.7. The number of hydrogen-bond donors (Lipinski definition) is 2. The van der Waals surface area contributed by atoms with Crippen LogP contribution in [0.4, 0.5) is 17.5 Å². The van der Waals surface area contributed by atoms with Gasteiger partial charge in [-0.2, -0.15) is 4.98 Å². The van der Waals surface area contributed by atoms with Crippen LogP contribution in [0.2, 0.25) is 0 Å². The Morgan fingerprint density at radius 1 is 1.17 bits per heavy atom. The third-order valence-corrected chi connectivity index (χ3v) is 10.5. The van der Waals surface area contributed by atoms with E-state index in [1.54, 1.807) is 4.31 Å². The zero-order valence-corrected chi connectivity index (χ0v) is 21.8. The van der Waals surface area contributed by atoms with Gasteiger partial charge in [0.2, 0.25) is 21.9 Å². The fourth-order valence-corrected chi connectivity index (χ4v) is 8.23. The van der Waals surface area contributed by atoms with Gasteiger partial charge in [-0.1, -0.05) is 18.2 Å². The fourth-order valence-electron chi connectivity index (χ4n) is 5.92. The predicted octanol–water partition coefficient (Wildman–Crippen LogP) is 1.15. The van der Waals surface area contributed by atoms with E-state index in [-0.39, 0.29) is 17.4 Å². The summed E-state index contributed by atoms with van der Waals surface area (Å²) in [6.07, 6.45) is 4.67. The number of carbonyl (C=O) groups is 1. The first-order valence-electron chi connectivity index (χ1n) is 12.4. The summed E-state index contributed by atoms with van der Waals surface area (Å²) in [4.78, 5) is 24.1. The topological polar surface area (TPSA) is 125 Å². The lowest BCUT2D eigenvalue weighted by Gasteiger charge is -2.40. The van der Waals surface area contributed by atoms with Gasteiger partial charge in [0.1, 0.15) is 10.7 Å². The number of fused-ring (bicyclic) bond motifs is 3. The number of aryl methyl sites for hydroxylation is 1. The summed E-state index contributed by atoms with van der Waals surface area (Å²) in [6.45, 7) is 2.38. The molecule has 1 unspecified atom stereocenters. The first kappa shape index (κ1) is 23.7. The minimum absolute atomic E-state index is 0.0359. The molecule has 0 aliphatic carbocycles. The molecule has 2 N–H and O–H groups in total. The third-order valence-electron chi connectivity index (χ3n) is 7.88. The van der Waals surface area contributed by atoms with Crippen LogP contribution in [0.15, 0.2) is 29.2 Å². The highest BCUT2D eigenvalue weighted by Gasteiger charge is 2.47. The van der Waals surface area contributed by atoms with Crippen molar-refractivity contribution in [2.24, 2.45) is 0 Å². The van der Waals surface area contributed by atoms with Crippen molar-refractivity contribution in [1.29, 1.82) is 0 Å². The molecule has 0 saturated carbocycles. The number of sulfonamides is 1. The summed E-state index contributed by atoms with van der Waals surface area (Å²) in [5.74, 6) is 1.83. The van der Waals surface area contributed by atoms with Gasteiger partial charge in [-0.25, -0.2) is 13.4 Å². The second kappa shape index (κ2) is 8.69. The zero-order valence-electron chi connectivity index (χ0n) is 20.2. The Balaban J connectivity index is 1.26. The van der Waals surface area contributed by atoms with Crippen molar-refractivity contribution in [1.82, 2.24) is 15.3 Å². The molecule has 0 radical (unpaired) electrons. The number of hydrogen-bond acceptors (Lipinski definition) is 8. The maximum atomic E-state index is 12.7. The fraction of sp³-hybridized carbons (Fsp3) is 0.542. The van der Waals surface area contributed by atoms with Crippen LogP contribution in [-0.2, 0) is 37.5 Å². The summed E-state index contributed by atoms with van der Waals surface area (Å²) in [7, 11) is -4.49. The summed E-state index contributed by atoms with van der Waals surface area (Å²) < 4.78 is 39.3. The van der Waals surface area contributed by atoms with E-state index in [2.05, 4.69) is 21.6 Å². The first-order chi connectivity index (χ1) is 17.2. The molecule has 2 fully saturated rings. The van der Waals surface area contributed by atoms with Crippen LogP contribution >= 0.6 is 0 Å². The molecule has 192 valence electrons. The lowest BCUT2D eigenvalue weighted by molar-refractivity contribution is -0.122. The molecule has 4 aliphatic heterocycles. The van der Waals surface area contributed by atoms with Crippen LogP contribution in [0.5, 0.6) is 0 Å². The van der Waals surface area contributed by atoms with Crippen molar-refractivity contribution >= 4 is 44.2 Å². The molecule has 1 aromatic carbocycles. The number of nitrogens with one attached hydrogen (secondary N) is 2. The van der Waals surface area contributed by atoms with Crippen molar-refractivity contribution < 1.29 is 17.4 Å². The van der Waals surface area contributed by atoms with Gasteiger partial charge in [-0.15, -0.1) is 0 Å². The Morgan fingerprint density at radius 2 is 1.94 bits per heavy atom. The number of para-hydroxylation sites is 1. The standard InChI is InChI=1S/C24H30N6O4S2/c1-36(33,34)30-15-24(17-4-2-3-5-19(17)30)9-11-29(12-10-24)23-27-18-8-13-35(32)21(18)22(28-23)26-16-6-7-20(31)25-14-16/h2-5,16H,6-15H2,1H3,(H,25,31)(H,26,27,28)/t16-,35?/m0/s1. The van der Waals surface area contributed by atoms with Crippen molar-refractivity contribution in [3.05, 3.63) is 35.5 Å². The second-order valence-electron chi connectivity index (χ2n) is 10.2. The van der Waals surface area contributed by atoms with Crippen molar-refractivity contribution in [3.8, 4) is 0 Å². The minimum Gasteiger partial charge on any atom is -0.364 e. The summed E-state index contributed by atoms with van der Waals surface area (Å²) >= 11 is 0. The van der Waals surface area contributed by atoms with Gasteiger partial charge in [0.05, 0.1) is 28.4 Å². The lowest BCUT2D eigenvalue weighted by Crippen LogP contribution is -2.46. The van der Waals surface area contributed by atoms with E-state index < -0.39 is 20.8 Å². The van der Waals surface area contributed by atoms with Gasteiger partial charge in [0, 0.05) is 56.2 Å². The van der Waals surface area contributed by atoms with Gasteiger partial charge >= 0.3 is 0 Å². The molecule has 1 aromatic heterocycles. The Hall–Kier alpha value is -2.73. The monoisotopic (exact) mass is 530 g/mol. The Kier molecular flexibility index (Phi) is 5.71. The predicted molar refractivity (Wildman–Crippen MR) is 138 cm³/mol. The van der Waals surface area contributed by atoms with E-state index in [1.807, 2.05) is 18.2 Å². The smallest absolute Gasteiger partial charge is 0.232 e. The second-order valence-corrected chi connectivity index (χ2v) is 13.6. The number of rotatable bonds is 4. The molecule has 6 rings (SSSR count). The number of carbonyl (C=O) groups excluding carboxylic acids is 1. The van der Waals surface area contributed by atoms with Gasteiger partial charge in [0.15, 0.2) is 0 Å². The van der Waals surface area contributed by atoms with Crippen LogP contribution in [0.3, 0.4) is 0 Å². The molecule has 1 amide bonds. The number of nitrogens with zero attached hydrogens (tertiary/aromatic N) is 4. The third kappa shape index (κ3) is 4.03. The average molecular weight is 531 g/mol. The average Bonchev–Trinajstić information content (AvgIpc) is 3.40. The summed E-state index contributed by atoms with van der Waals surface area (Å²) in [6, 6.07) is 7.86. The molecule has 2 aromatic rings. The van der Waals surface area contributed by atoms with E-state index >= 15 is 0 Å². The molecule has 2 saturated heterocycles. The lowest BCUT2D eigenvalue weighted by atomic mass is 9.74. The molecule has 0 bridgehead atoms. The van der Waals surface area contributed by atoms with E-state index in [1.165, 1.54) is 6.26 Å². The van der Waals surface area contributed by atoms with Gasteiger partial charge in [-0.05, 0) is 30.9 Å². The van der Waals surface area contributed by atoms with Crippen LogP contribution < -0.4 is 19.8 Å². The molecule has 4 aliphatic rings. The number of amides is 1. The highest BCUT2D eigenvalue weighted by molar-refractivity contribution is 7.92. The van der Waals surface area contributed by atoms with E-state index in [9.17, 15) is 17.4 Å². The molecule has 1 spiro atoms. The van der Waals surface area contributed by atoms with Crippen LogP contribution in [0.1, 0.15) is 36.9 Å². The number of benzene rings is 1. The normalized spacial score (nSPS) is 25.0. The highest BCUT2D eigenvalue weighted by Crippen LogP contribution is 2.48. The van der Waals surface area contributed by atoms with Crippen LogP contribution in [0.25, 0.3) is 0 Å². The Bertz CT molecular complexity index is 1350.